The van der Waals surface area contributed by atoms with E-state index in [1.165, 1.54) is 48.6 Å². The fraction of sp³-hybridized carbons (Fsp3) is 0.160. The molecule has 0 saturated carbocycles. The summed E-state index contributed by atoms with van der Waals surface area (Å²) in [5.74, 6) is -0.726. The van der Waals surface area contributed by atoms with Gasteiger partial charge in [0, 0.05) is 35.3 Å². The molecule has 1 amide bonds. The molecular weight excluding hydrogens is 523 g/mol. The van der Waals surface area contributed by atoms with Gasteiger partial charge in [-0.25, -0.2) is 17.8 Å². The van der Waals surface area contributed by atoms with Crippen LogP contribution in [0.5, 0.6) is 5.75 Å². The predicted molar refractivity (Wildman–Crippen MR) is 137 cm³/mol. The number of rotatable bonds is 8. The third-order valence-corrected chi connectivity index (χ3v) is 6.91. The molecule has 4 aromatic rings. The lowest BCUT2D eigenvalue weighted by Crippen LogP contribution is -2.26. The number of nitrogens with one attached hydrogen (secondary N) is 1. The van der Waals surface area contributed by atoms with Gasteiger partial charge in [0.2, 0.25) is 5.91 Å². The molecule has 2 aromatic carbocycles. The summed E-state index contributed by atoms with van der Waals surface area (Å²) < 4.78 is 53.0. The van der Waals surface area contributed by atoms with Gasteiger partial charge in [0.15, 0.2) is 5.82 Å². The van der Waals surface area contributed by atoms with E-state index in [0.29, 0.717) is 10.6 Å². The minimum atomic E-state index is -4.01. The van der Waals surface area contributed by atoms with Gasteiger partial charge in [-0.3, -0.25) is 14.4 Å². The first-order valence-corrected chi connectivity index (χ1v) is 12.9. The largest absolute Gasteiger partial charge is 0.495 e. The second-order valence-electron chi connectivity index (χ2n) is 7.95. The van der Waals surface area contributed by atoms with Gasteiger partial charge < -0.3 is 9.26 Å². The maximum absolute atomic E-state index is 15.4. The highest BCUT2D eigenvalue weighted by molar-refractivity contribution is 7.92. The molecule has 2 heterocycles. The van der Waals surface area contributed by atoms with E-state index in [1.807, 2.05) is 6.92 Å². The Kier molecular flexibility index (Phi) is 7.46. The molecule has 0 spiro atoms. The molecule has 192 valence electrons. The number of hydrogen-bond acceptors (Lipinski definition) is 7. The van der Waals surface area contributed by atoms with Crippen molar-refractivity contribution in [3.8, 4) is 16.9 Å². The molecule has 0 fully saturated rings. The summed E-state index contributed by atoms with van der Waals surface area (Å²) >= 11 is 6.16. The van der Waals surface area contributed by atoms with E-state index in [2.05, 4.69) is 19.4 Å². The van der Waals surface area contributed by atoms with Gasteiger partial charge in [-0.2, -0.15) is 0 Å². The number of nitrogens with zero attached hydrogens (tertiary/aromatic N) is 3. The summed E-state index contributed by atoms with van der Waals surface area (Å²) in [6.07, 6.45) is 2.37. The normalized spacial score (nSPS) is 11.3. The zero-order chi connectivity index (χ0) is 26.7. The molecule has 0 unspecified atom stereocenters. The topological polar surface area (TPSA) is 115 Å². The summed E-state index contributed by atoms with van der Waals surface area (Å²) in [5.41, 5.74) is 1.75. The Morgan fingerprint density at radius 1 is 1.19 bits per heavy atom. The lowest BCUT2D eigenvalue weighted by Gasteiger charge is -2.24. The molecule has 2 aromatic heterocycles. The van der Waals surface area contributed by atoms with Crippen molar-refractivity contribution in [1.29, 1.82) is 0 Å². The number of aromatic nitrogens is 2. The van der Waals surface area contributed by atoms with Crippen molar-refractivity contribution in [1.82, 2.24) is 10.1 Å². The van der Waals surface area contributed by atoms with E-state index < -0.39 is 21.7 Å². The Hall–Kier alpha value is -3.96. The maximum Gasteiger partial charge on any atom is 0.264 e. The van der Waals surface area contributed by atoms with E-state index in [-0.39, 0.29) is 40.0 Å². The lowest BCUT2D eigenvalue weighted by molar-refractivity contribution is -0.117. The van der Waals surface area contributed by atoms with Crippen molar-refractivity contribution in [3.05, 3.63) is 77.4 Å². The number of amides is 1. The number of aryl methyl sites for hydroxylation is 1. The second-order valence-corrected chi connectivity index (χ2v) is 10.1. The summed E-state index contributed by atoms with van der Waals surface area (Å²) in [6.45, 7) is 3.49. The van der Waals surface area contributed by atoms with Gasteiger partial charge >= 0.3 is 0 Å². The van der Waals surface area contributed by atoms with Gasteiger partial charge in [0.1, 0.15) is 28.5 Å². The standard InChI is InChI=1S/C25H22ClFN4O5S/c1-4-25(32)31(24-6-5-18(14-28-24)37(33,34)30-23-7-8-36-29-23)21-13-20(27)19(12-22(21)35-3)16-9-15(2)10-17(26)11-16/h5-14H,4H2,1-3H3,(H,29,30). The van der Waals surface area contributed by atoms with Crippen LogP contribution in [0.2, 0.25) is 5.02 Å². The first-order chi connectivity index (χ1) is 17.6. The van der Waals surface area contributed by atoms with Gasteiger partial charge in [-0.1, -0.05) is 29.7 Å². The van der Waals surface area contributed by atoms with Crippen molar-refractivity contribution < 1.29 is 26.9 Å². The monoisotopic (exact) mass is 544 g/mol. The Balaban J connectivity index is 1.75. The second kappa shape index (κ2) is 10.6. The number of methoxy groups -OCH3 is 1. The van der Waals surface area contributed by atoms with E-state index >= 15 is 4.39 Å². The number of pyridine rings is 1. The molecular formula is C25H22ClFN4O5S. The van der Waals surface area contributed by atoms with Crippen molar-refractivity contribution in [2.45, 2.75) is 25.2 Å². The first kappa shape index (κ1) is 26.1. The highest BCUT2D eigenvalue weighted by Gasteiger charge is 2.25. The van der Waals surface area contributed by atoms with Crippen molar-refractivity contribution in [2.75, 3.05) is 16.7 Å². The molecule has 0 bridgehead atoms. The third-order valence-electron chi connectivity index (χ3n) is 5.35. The van der Waals surface area contributed by atoms with Gasteiger partial charge in [0.05, 0.1) is 12.8 Å². The average molecular weight is 545 g/mol. The van der Waals surface area contributed by atoms with Crippen molar-refractivity contribution in [3.63, 3.8) is 0 Å². The molecule has 0 aliphatic heterocycles. The average Bonchev–Trinajstić information content (AvgIpc) is 3.36. The van der Waals surface area contributed by atoms with Crippen LogP contribution in [0.25, 0.3) is 11.1 Å². The number of carbonyl (C=O) groups excluding carboxylic acids is 1. The Bertz CT molecular complexity index is 1520. The zero-order valence-corrected chi connectivity index (χ0v) is 21.6. The molecule has 0 radical (unpaired) electrons. The van der Waals surface area contributed by atoms with Crippen LogP contribution in [0.3, 0.4) is 0 Å². The van der Waals surface area contributed by atoms with Crippen molar-refractivity contribution >= 4 is 44.9 Å². The van der Waals surface area contributed by atoms with Crippen LogP contribution in [-0.2, 0) is 14.8 Å². The Morgan fingerprint density at radius 3 is 2.57 bits per heavy atom. The minimum absolute atomic E-state index is 0.00191. The highest BCUT2D eigenvalue weighted by atomic mass is 35.5. The number of halogens is 2. The van der Waals surface area contributed by atoms with Crippen molar-refractivity contribution in [2.24, 2.45) is 0 Å². The SMILES string of the molecule is CCC(=O)N(c1ccc(S(=O)(=O)Nc2ccon2)cn1)c1cc(F)c(-c2cc(C)cc(Cl)c2)cc1OC. The number of sulfonamides is 1. The summed E-state index contributed by atoms with van der Waals surface area (Å²) in [4.78, 5) is 18.2. The number of benzene rings is 2. The van der Waals surface area contributed by atoms with E-state index in [0.717, 1.165) is 11.8 Å². The number of anilines is 3. The van der Waals surface area contributed by atoms with Crippen LogP contribution in [-0.4, -0.2) is 31.6 Å². The Labute approximate surface area is 217 Å². The smallest absolute Gasteiger partial charge is 0.264 e. The fourth-order valence-electron chi connectivity index (χ4n) is 3.66. The van der Waals surface area contributed by atoms with Crippen LogP contribution in [0.4, 0.5) is 21.7 Å². The van der Waals surface area contributed by atoms with Crippen LogP contribution >= 0.6 is 11.6 Å². The van der Waals surface area contributed by atoms with E-state index in [9.17, 15) is 13.2 Å². The van der Waals surface area contributed by atoms with E-state index in [1.54, 1.807) is 25.1 Å². The van der Waals surface area contributed by atoms with E-state index in [4.69, 9.17) is 16.3 Å². The molecule has 0 saturated heterocycles. The number of hydrogen-bond donors (Lipinski definition) is 1. The van der Waals surface area contributed by atoms with Gasteiger partial charge in [-0.15, -0.1) is 0 Å². The maximum atomic E-state index is 15.4. The Morgan fingerprint density at radius 2 is 1.97 bits per heavy atom. The van der Waals surface area contributed by atoms with Crippen LogP contribution in [0.15, 0.2) is 70.4 Å². The fourth-order valence-corrected chi connectivity index (χ4v) is 4.89. The molecule has 12 heteroatoms. The summed E-state index contributed by atoms with van der Waals surface area (Å²) in [5, 5.41) is 3.97. The molecule has 1 N–H and O–H groups in total. The van der Waals surface area contributed by atoms with Crippen LogP contribution in [0.1, 0.15) is 18.9 Å². The molecule has 37 heavy (non-hydrogen) atoms. The summed E-state index contributed by atoms with van der Waals surface area (Å²) in [7, 11) is -2.61. The molecule has 9 nitrogen and oxygen atoms in total. The van der Waals surface area contributed by atoms with Gasteiger partial charge in [0.25, 0.3) is 10.0 Å². The zero-order valence-electron chi connectivity index (χ0n) is 20.0. The number of carbonyl (C=O) groups is 1. The third kappa shape index (κ3) is 5.57. The molecule has 4 rings (SSSR count). The molecule has 0 aliphatic carbocycles. The minimum Gasteiger partial charge on any atom is -0.495 e. The summed E-state index contributed by atoms with van der Waals surface area (Å²) in [6, 6.07) is 11.8. The van der Waals surface area contributed by atoms with Gasteiger partial charge in [-0.05, 0) is 48.4 Å². The number of ether oxygens (including phenoxy) is 1. The molecule has 0 atom stereocenters. The highest BCUT2D eigenvalue weighted by Crippen LogP contribution is 2.39. The first-order valence-electron chi connectivity index (χ1n) is 11.0. The van der Waals surface area contributed by atoms with Crippen LogP contribution in [0, 0.1) is 12.7 Å². The van der Waals surface area contributed by atoms with Crippen LogP contribution < -0.4 is 14.4 Å². The molecule has 0 aliphatic rings. The lowest BCUT2D eigenvalue weighted by atomic mass is 10.0. The quantitative estimate of drug-likeness (QED) is 0.301. The predicted octanol–water partition coefficient (Wildman–Crippen LogP) is 5.72.